The molecule has 0 radical (unpaired) electrons. The molecule has 27 heavy (non-hydrogen) atoms. The summed E-state index contributed by atoms with van der Waals surface area (Å²) < 4.78 is 3.14. The molecular weight excluding hydrogens is 348 g/mol. The molecule has 0 saturated heterocycles. The van der Waals surface area contributed by atoms with Gasteiger partial charge in [-0.3, -0.25) is 24.3 Å². The monoisotopic (exact) mass is 368 g/mol. The lowest BCUT2D eigenvalue weighted by atomic mass is 10.1. The van der Waals surface area contributed by atoms with E-state index < -0.39 is 10.8 Å². The number of rotatable bonds is 7. The molecule has 0 aliphatic heterocycles. The van der Waals surface area contributed by atoms with Crippen molar-refractivity contribution in [2.45, 2.75) is 26.9 Å². The van der Waals surface area contributed by atoms with Gasteiger partial charge in [-0.1, -0.05) is 36.8 Å². The van der Waals surface area contributed by atoms with Crippen LogP contribution in [0.15, 0.2) is 48.9 Å². The average Bonchev–Trinajstić information content (AvgIpc) is 3.24. The number of benzene rings is 1. The standard InChI is InChI=1S/C18H20N6O3/c1-13-4-3-5-15(8-13)11-22-7-6-17(21-22)20-18(25)14(2)10-23-12-16(9-19-23)24(26)27/h3-9,12,14H,10-11H2,1-2H3,(H,20,21,25). The Balaban J connectivity index is 1.57. The van der Waals surface area contributed by atoms with E-state index in [4.69, 9.17) is 0 Å². The summed E-state index contributed by atoms with van der Waals surface area (Å²) >= 11 is 0. The highest BCUT2D eigenvalue weighted by atomic mass is 16.6. The fourth-order valence-corrected chi connectivity index (χ4v) is 2.67. The molecule has 140 valence electrons. The van der Waals surface area contributed by atoms with Gasteiger partial charge in [0.25, 0.3) is 0 Å². The first kappa shape index (κ1) is 18.3. The van der Waals surface area contributed by atoms with Crippen LogP contribution >= 0.6 is 0 Å². The first-order valence-corrected chi connectivity index (χ1v) is 8.47. The van der Waals surface area contributed by atoms with E-state index in [-0.39, 0.29) is 18.1 Å². The first-order chi connectivity index (χ1) is 12.9. The topological polar surface area (TPSA) is 108 Å². The number of carbonyl (C=O) groups excluding carboxylic acids is 1. The molecule has 0 fully saturated rings. The highest BCUT2D eigenvalue weighted by Crippen LogP contribution is 2.12. The zero-order chi connectivity index (χ0) is 19.4. The van der Waals surface area contributed by atoms with Crippen molar-refractivity contribution in [1.82, 2.24) is 19.6 Å². The summed E-state index contributed by atoms with van der Waals surface area (Å²) in [4.78, 5) is 22.5. The molecule has 0 aliphatic rings. The Labute approximate surface area is 155 Å². The first-order valence-electron chi connectivity index (χ1n) is 8.47. The minimum absolute atomic E-state index is 0.0995. The Morgan fingerprint density at radius 1 is 1.33 bits per heavy atom. The van der Waals surface area contributed by atoms with Crippen LogP contribution in [-0.4, -0.2) is 30.4 Å². The Morgan fingerprint density at radius 2 is 2.15 bits per heavy atom. The lowest BCUT2D eigenvalue weighted by Gasteiger charge is -2.10. The molecule has 1 amide bonds. The number of carbonyl (C=O) groups is 1. The highest BCUT2D eigenvalue weighted by Gasteiger charge is 2.17. The van der Waals surface area contributed by atoms with Crippen LogP contribution in [0.4, 0.5) is 11.5 Å². The van der Waals surface area contributed by atoms with Gasteiger partial charge in [-0.15, -0.1) is 0 Å². The molecule has 9 nitrogen and oxygen atoms in total. The maximum atomic E-state index is 12.3. The molecule has 2 heterocycles. The van der Waals surface area contributed by atoms with Gasteiger partial charge in [0.15, 0.2) is 5.82 Å². The van der Waals surface area contributed by atoms with Crippen LogP contribution in [0, 0.1) is 23.0 Å². The van der Waals surface area contributed by atoms with Gasteiger partial charge < -0.3 is 5.32 Å². The zero-order valence-electron chi connectivity index (χ0n) is 15.1. The van der Waals surface area contributed by atoms with Gasteiger partial charge in [0.1, 0.15) is 12.4 Å². The molecule has 1 unspecified atom stereocenters. The van der Waals surface area contributed by atoms with Crippen LogP contribution < -0.4 is 5.32 Å². The second kappa shape index (κ2) is 7.81. The van der Waals surface area contributed by atoms with Crippen LogP contribution in [0.25, 0.3) is 0 Å². The molecule has 0 bridgehead atoms. The van der Waals surface area contributed by atoms with Crippen LogP contribution in [0.2, 0.25) is 0 Å². The molecule has 3 rings (SSSR count). The number of nitrogens with one attached hydrogen (secondary N) is 1. The van der Waals surface area contributed by atoms with E-state index in [1.54, 1.807) is 23.9 Å². The molecule has 1 atom stereocenters. The third kappa shape index (κ3) is 4.78. The molecule has 3 aromatic rings. The van der Waals surface area contributed by atoms with Crippen molar-refractivity contribution in [3.63, 3.8) is 0 Å². The number of nitro groups is 1. The van der Waals surface area contributed by atoms with Crippen LogP contribution in [0.3, 0.4) is 0 Å². The summed E-state index contributed by atoms with van der Waals surface area (Å²) in [5.41, 5.74) is 2.21. The van der Waals surface area contributed by atoms with Gasteiger partial charge >= 0.3 is 5.69 Å². The summed E-state index contributed by atoms with van der Waals surface area (Å²) in [6.45, 7) is 4.62. The number of aryl methyl sites for hydroxylation is 1. The van der Waals surface area contributed by atoms with Crippen molar-refractivity contribution >= 4 is 17.4 Å². The maximum absolute atomic E-state index is 12.3. The largest absolute Gasteiger partial charge is 0.309 e. The molecule has 1 N–H and O–H groups in total. The van der Waals surface area contributed by atoms with Gasteiger partial charge in [0.2, 0.25) is 5.91 Å². The van der Waals surface area contributed by atoms with E-state index in [0.29, 0.717) is 12.4 Å². The van der Waals surface area contributed by atoms with Crippen molar-refractivity contribution in [1.29, 1.82) is 0 Å². The van der Waals surface area contributed by atoms with Gasteiger partial charge in [0, 0.05) is 12.3 Å². The maximum Gasteiger partial charge on any atom is 0.306 e. The molecule has 0 saturated carbocycles. The molecule has 9 heteroatoms. The van der Waals surface area contributed by atoms with Crippen LogP contribution in [0.1, 0.15) is 18.1 Å². The Hall–Kier alpha value is -3.49. The smallest absolute Gasteiger partial charge is 0.306 e. The fraction of sp³-hybridized carbons (Fsp3) is 0.278. The lowest BCUT2D eigenvalue weighted by molar-refractivity contribution is -0.385. The van der Waals surface area contributed by atoms with E-state index in [9.17, 15) is 14.9 Å². The van der Waals surface area contributed by atoms with E-state index >= 15 is 0 Å². The number of amides is 1. The Bertz CT molecular complexity index is 961. The third-order valence-electron chi connectivity index (χ3n) is 4.06. The van der Waals surface area contributed by atoms with Crippen molar-refractivity contribution in [2.75, 3.05) is 5.32 Å². The van der Waals surface area contributed by atoms with Crippen molar-refractivity contribution in [3.8, 4) is 0 Å². The fourth-order valence-electron chi connectivity index (χ4n) is 2.67. The normalized spacial score (nSPS) is 11.9. The summed E-state index contributed by atoms with van der Waals surface area (Å²) in [5, 5.41) is 21.7. The minimum Gasteiger partial charge on any atom is -0.309 e. The van der Waals surface area contributed by atoms with E-state index in [0.717, 1.165) is 11.8 Å². The molecule has 1 aromatic carbocycles. The van der Waals surface area contributed by atoms with E-state index in [1.807, 2.05) is 25.1 Å². The summed E-state index contributed by atoms with van der Waals surface area (Å²) in [6, 6.07) is 9.88. The molecular formula is C18H20N6O3. The van der Waals surface area contributed by atoms with Crippen molar-refractivity contribution in [3.05, 3.63) is 70.2 Å². The van der Waals surface area contributed by atoms with E-state index in [1.165, 1.54) is 16.4 Å². The minimum atomic E-state index is -0.519. The number of anilines is 1. The van der Waals surface area contributed by atoms with Gasteiger partial charge in [0.05, 0.1) is 23.9 Å². The average molecular weight is 368 g/mol. The molecule has 2 aromatic heterocycles. The summed E-state index contributed by atoms with van der Waals surface area (Å²) in [6.07, 6.45) is 4.28. The quantitative estimate of drug-likeness (QED) is 0.509. The Kier molecular flexibility index (Phi) is 5.30. The van der Waals surface area contributed by atoms with Crippen LogP contribution in [0.5, 0.6) is 0 Å². The number of hydrogen-bond donors (Lipinski definition) is 1. The predicted molar refractivity (Wildman–Crippen MR) is 99.2 cm³/mol. The van der Waals surface area contributed by atoms with Crippen molar-refractivity contribution in [2.24, 2.45) is 5.92 Å². The predicted octanol–water partition coefficient (Wildman–Crippen LogP) is 2.62. The summed E-state index contributed by atoms with van der Waals surface area (Å²) in [7, 11) is 0. The Morgan fingerprint density at radius 3 is 2.85 bits per heavy atom. The molecule has 0 aliphatic carbocycles. The number of aromatic nitrogens is 4. The van der Waals surface area contributed by atoms with Gasteiger partial charge in [-0.05, 0) is 12.5 Å². The van der Waals surface area contributed by atoms with Gasteiger partial charge in [-0.25, -0.2) is 0 Å². The third-order valence-corrected chi connectivity index (χ3v) is 4.06. The SMILES string of the molecule is Cc1cccc(Cn2ccc(NC(=O)C(C)Cn3cc([N+](=O)[O-])cn3)n2)c1. The van der Waals surface area contributed by atoms with E-state index in [2.05, 4.69) is 21.6 Å². The van der Waals surface area contributed by atoms with Crippen molar-refractivity contribution < 1.29 is 9.72 Å². The zero-order valence-corrected chi connectivity index (χ0v) is 15.1. The second-order valence-corrected chi connectivity index (χ2v) is 6.46. The lowest BCUT2D eigenvalue weighted by Crippen LogP contribution is -2.25. The molecule has 0 spiro atoms. The van der Waals surface area contributed by atoms with Crippen LogP contribution in [-0.2, 0) is 17.9 Å². The highest BCUT2D eigenvalue weighted by molar-refractivity contribution is 5.91. The number of nitrogens with zero attached hydrogens (tertiary/aromatic N) is 5. The summed E-state index contributed by atoms with van der Waals surface area (Å²) in [5.74, 6) is -0.189. The second-order valence-electron chi connectivity index (χ2n) is 6.46. The number of hydrogen-bond acceptors (Lipinski definition) is 5. The van der Waals surface area contributed by atoms with Gasteiger partial charge in [-0.2, -0.15) is 10.2 Å².